The molecule has 0 saturated carbocycles. The van der Waals surface area contributed by atoms with Gasteiger partial charge in [-0.1, -0.05) is 6.42 Å². The maximum absolute atomic E-state index is 2.79. The zero-order chi connectivity index (χ0) is 16.2. The minimum Gasteiger partial charge on any atom is -0.302 e. The maximum Gasteiger partial charge on any atom is 0.0331 e. The third-order valence-electron chi connectivity index (χ3n) is 6.07. The van der Waals surface area contributed by atoms with Crippen LogP contribution in [0.15, 0.2) is 12.1 Å². The summed E-state index contributed by atoms with van der Waals surface area (Å²) < 4.78 is 0. The van der Waals surface area contributed by atoms with Gasteiger partial charge in [0.2, 0.25) is 0 Å². The van der Waals surface area contributed by atoms with Crippen LogP contribution in [0.3, 0.4) is 0 Å². The van der Waals surface area contributed by atoms with Gasteiger partial charge in [0, 0.05) is 35.4 Å². The van der Waals surface area contributed by atoms with E-state index in [4.69, 9.17) is 0 Å². The minimum absolute atomic E-state index is 0.793. The molecule has 3 nitrogen and oxygen atoms in total. The van der Waals surface area contributed by atoms with E-state index in [1.54, 1.807) is 9.75 Å². The molecule has 24 heavy (non-hydrogen) atoms. The quantitative estimate of drug-likeness (QED) is 0.775. The van der Waals surface area contributed by atoms with E-state index in [2.05, 4.69) is 38.2 Å². The van der Waals surface area contributed by atoms with E-state index in [0.717, 1.165) is 6.04 Å². The first-order chi connectivity index (χ1) is 11.9. The van der Waals surface area contributed by atoms with Crippen molar-refractivity contribution in [1.82, 2.24) is 14.7 Å². The standard InChI is InChI=1S/C20H33N3S/c1-2-14-23(18(7-1)15-21-10-3-4-11-21)17-20-9-8-19(24-20)16-22-12-5-6-13-22/h8-9,18H,1-7,10-17H2/t18-/m1/s1. The molecule has 0 aliphatic carbocycles. The Bertz CT molecular complexity index is 503. The molecule has 3 fully saturated rings. The highest BCUT2D eigenvalue weighted by atomic mass is 32.1. The first-order valence-corrected chi connectivity index (χ1v) is 10.9. The lowest BCUT2D eigenvalue weighted by atomic mass is 10.0. The first kappa shape index (κ1) is 17.0. The fourth-order valence-corrected chi connectivity index (χ4v) is 5.78. The summed E-state index contributed by atoms with van der Waals surface area (Å²) in [4.78, 5) is 11.3. The van der Waals surface area contributed by atoms with Crippen molar-refractivity contribution >= 4 is 11.3 Å². The van der Waals surface area contributed by atoms with Crippen molar-refractivity contribution < 1.29 is 0 Å². The fourth-order valence-electron chi connectivity index (χ4n) is 4.69. The van der Waals surface area contributed by atoms with Gasteiger partial charge in [-0.15, -0.1) is 11.3 Å². The van der Waals surface area contributed by atoms with Gasteiger partial charge >= 0.3 is 0 Å². The van der Waals surface area contributed by atoms with Crippen molar-refractivity contribution in [2.75, 3.05) is 39.3 Å². The molecule has 1 aromatic heterocycles. The monoisotopic (exact) mass is 347 g/mol. The molecule has 1 aromatic rings. The van der Waals surface area contributed by atoms with Gasteiger partial charge in [0.15, 0.2) is 0 Å². The predicted octanol–water partition coefficient (Wildman–Crippen LogP) is 3.79. The molecule has 4 heteroatoms. The second-order valence-electron chi connectivity index (χ2n) is 7.98. The molecule has 1 atom stereocenters. The molecule has 0 aromatic carbocycles. The average molecular weight is 348 g/mol. The van der Waals surface area contributed by atoms with Crippen molar-refractivity contribution in [3.8, 4) is 0 Å². The third kappa shape index (κ3) is 4.40. The Labute approximate surface area is 151 Å². The van der Waals surface area contributed by atoms with Crippen LogP contribution in [0.5, 0.6) is 0 Å². The van der Waals surface area contributed by atoms with Gasteiger partial charge in [0.1, 0.15) is 0 Å². The Morgan fingerprint density at radius 3 is 2.12 bits per heavy atom. The zero-order valence-electron chi connectivity index (χ0n) is 15.1. The Hall–Kier alpha value is -0.420. The van der Waals surface area contributed by atoms with E-state index in [-0.39, 0.29) is 0 Å². The van der Waals surface area contributed by atoms with Crippen LogP contribution in [0.2, 0.25) is 0 Å². The van der Waals surface area contributed by atoms with Gasteiger partial charge < -0.3 is 4.90 Å². The summed E-state index contributed by atoms with van der Waals surface area (Å²) in [6.45, 7) is 10.3. The number of thiophene rings is 1. The molecule has 3 aliphatic heterocycles. The largest absolute Gasteiger partial charge is 0.302 e. The second-order valence-corrected chi connectivity index (χ2v) is 9.23. The molecule has 0 bridgehead atoms. The molecule has 4 rings (SSSR count). The van der Waals surface area contributed by atoms with E-state index in [0.29, 0.717) is 0 Å². The lowest BCUT2D eigenvalue weighted by Gasteiger charge is -2.37. The smallest absolute Gasteiger partial charge is 0.0331 e. The van der Waals surface area contributed by atoms with Gasteiger partial charge in [0.05, 0.1) is 0 Å². The Morgan fingerprint density at radius 1 is 0.750 bits per heavy atom. The van der Waals surface area contributed by atoms with E-state index in [1.807, 2.05) is 0 Å². The Balaban J connectivity index is 1.32. The number of likely N-dealkylation sites (tertiary alicyclic amines) is 3. The van der Waals surface area contributed by atoms with Crippen LogP contribution in [-0.4, -0.2) is 60.0 Å². The van der Waals surface area contributed by atoms with E-state index in [1.165, 1.54) is 97.3 Å². The lowest BCUT2D eigenvalue weighted by molar-refractivity contribution is 0.107. The Kier molecular flexibility index (Phi) is 5.89. The molecule has 0 N–H and O–H groups in total. The van der Waals surface area contributed by atoms with Crippen LogP contribution < -0.4 is 0 Å². The van der Waals surface area contributed by atoms with E-state index < -0.39 is 0 Å². The molecular formula is C20H33N3S. The second kappa shape index (κ2) is 8.31. The molecule has 0 amide bonds. The van der Waals surface area contributed by atoms with E-state index in [9.17, 15) is 0 Å². The maximum atomic E-state index is 2.79. The lowest BCUT2D eigenvalue weighted by Crippen LogP contribution is -2.45. The molecule has 134 valence electrons. The number of hydrogen-bond acceptors (Lipinski definition) is 4. The van der Waals surface area contributed by atoms with Crippen LogP contribution in [0.25, 0.3) is 0 Å². The van der Waals surface area contributed by atoms with Crippen LogP contribution in [0.4, 0.5) is 0 Å². The predicted molar refractivity (Wildman–Crippen MR) is 103 cm³/mol. The van der Waals surface area contributed by atoms with Gasteiger partial charge in [-0.3, -0.25) is 9.80 Å². The molecule has 3 saturated heterocycles. The van der Waals surface area contributed by atoms with Crippen LogP contribution >= 0.6 is 11.3 Å². The molecule has 3 aliphatic rings. The summed E-state index contributed by atoms with van der Waals surface area (Å²) >= 11 is 2.06. The van der Waals surface area contributed by atoms with Gasteiger partial charge in [-0.2, -0.15) is 0 Å². The van der Waals surface area contributed by atoms with Crippen molar-refractivity contribution in [1.29, 1.82) is 0 Å². The average Bonchev–Trinajstić information content (AvgIpc) is 3.33. The molecule has 0 unspecified atom stereocenters. The first-order valence-electron chi connectivity index (χ1n) is 10.1. The SMILES string of the molecule is c1cc(CN2CCCC[C@@H]2CN2CCCC2)sc1CN1CCCC1. The summed E-state index contributed by atoms with van der Waals surface area (Å²) in [5.41, 5.74) is 0. The van der Waals surface area contributed by atoms with Crippen molar-refractivity contribution in [2.24, 2.45) is 0 Å². The topological polar surface area (TPSA) is 9.72 Å². The number of hydrogen-bond donors (Lipinski definition) is 0. The molecule has 4 heterocycles. The van der Waals surface area contributed by atoms with Crippen molar-refractivity contribution in [3.63, 3.8) is 0 Å². The summed E-state index contributed by atoms with van der Waals surface area (Å²) in [6, 6.07) is 5.58. The van der Waals surface area contributed by atoms with Gasteiger partial charge in [0.25, 0.3) is 0 Å². The third-order valence-corrected chi connectivity index (χ3v) is 7.13. The van der Waals surface area contributed by atoms with Crippen LogP contribution in [0, 0.1) is 0 Å². The summed E-state index contributed by atoms with van der Waals surface area (Å²) in [5.74, 6) is 0. The number of nitrogens with zero attached hydrogens (tertiary/aromatic N) is 3. The molecule has 0 radical (unpaired) electrons. The van der Waals surface area contributed by atoms with Crippen molar-refractivity contribution in [2.45, 2.75) is 64.1 Å². The minimum atomic E-state index is 0.793. The fraction of sp³-hybridized carbons (Fsp3) is 0.800. The van der Waals surface area contributed by atoms with Crippen LogP contribution in [-0.2, 0) is 13.1 Å². The highest BCUT2D eigenvalue weighted by Crippen LogP contribution is 2.26. The number of rotatable bonds is 6. The summed E-state index contributed by atoms with van der Waals surface area (Å²) in [7, 11) is 0. The number of piperidine rings is 1. The normalized spacial score (nSPS) is 27.2. The van der Waals surface area contributed by atoms with Gasteiger partial charge in [-0.05, 0) is 83.4 Å². The van der Waals surface area contributed by atoms with Crippen LogP contribution in [0.1, 0.15) is 54.7 Å². The van der Waals surface area contributed by atoms with E-state index >= 15 is 0 Å². The highest BCUT2D eigenvalue weighted by molar-refractivity contribution is 7.11. The Morgan fingerprint density at radius 2 is 1.38 bits per heavy atom. The summed E-state index contributed by atoms with van der Waals surface area (Å²) in [5, 5.41) is 0. The zero-order valence-corrected chi connectivity index (χ0v) is 15.9. The molecular weight excluding hydrogens is 314 g/mol. The molecule has 0 spiro atoms. The summed E-state index contributed by atoms with van der Waals surface area (Å²) in [6.07, 6.45) is 9.84. The van der Waals surface area contributed by atoms with Crippen molar-refractivity contribution in [3.05, 3.63) is 21.9 Å². The highest BCUT2D eigenvalue weighted by Gasteiger charge is 2.26. The van der Waals surface area contributed by atoms with Gasteiger partial charge in [-0.25, -0.2) is 0 Å².